The molecular weight excluding hydrogens is 308 g/mol. The predicted octanol–water partition coefficient (Wildman–Crippen LogP) is 3.84. The molecule has 0 spiro atoms. The summed E-state index contributed by atoms with van der Waals surface area (Å²) in [5.41, 5.74) is 2.25. The Morgan fingerprint density at radius 1 is 1.13 bits per heavy atom. The van der Waals surface area contributed by atoms with Crippen molar-refractivity contribution in [1.82, 2.24) is 9.47 Å². The number of carbonyl (C=O) groups is 1. The fraction of sp³-hybridized carbons (Fsp3) is 0.167. The van der Waals surface area contributed by atoms with Gasteiger partial charge in [0.15, 0.2) is 0 Å². The molecule has 0 aliphatic carbocycles. The summed E-state index contributed by atoms with van der Waals surface area (Å²) in [4.78, 5) is 14.1. The van der Waals surface area contributed by atoms with Crippen LogP contribution in [0, 0.1) is 0 Å². The molecule has 3 aromatic rings. The number of nitrogens with zero attached hydrogens (tertiary/aromatic N) is 2. The van der Waals surface area contributed by atoms with E-state index in [4.69, 9.17) is 4.42 Å². The number of hydrogen-bond acceptors (Lipinski definition) is 3. The molecule has 1 aromatic carbocycles. The molecule has 3 heterocycles. The molecule has 1 fully saturated rings. The van der Waals surface area contributed by atoms with Gasteiger partial charge in [0.1, 0.15) is 11.1 Å². The summed E-state index contributed by atoms with van der Waals surface area (Å²) < 4.78 is 7.48. The van der Waals surface area contributed by atoms with Gasteiger partial charge in [-0.15, -0.1) is 11.8 Å². The third-order valence-electron chi connectivity index (χ3n) is 3.93. The molecule has 0 radical (unpaired) electrons. The fourth-order valence-corrected chi connectivity index (χ4v) is 3.96. The van der Waals surface area contributed by atoms with Crippen LogP contribution in [0.2, 0.25) is 0 Å². The molecule has 23 heavy (non-hydrogen) atoms. The van der Waals surface area contributed by atoms with Crippen LogP contribution in [0.15, 0.2) is 71.6 Å². The minimum atomic E-state index is 0.0394. The quantitative estimate of drug-likeness (QED) is 0.732. The maximum atomic E-state index is 12.2. The van der Waals surface area contributed by atoms with Gasteiger partial charge < -0.3 is 13.9 Å². The lowest BCUT2D eigenvalue weighted by Crippen LogP contribution is -2.27. The molecule has 2 aromatic heterocycles. The van der Waals surface area contributed by atoms with E-state index in [1.165, 1.54) is 0 Å². The normalized spacial score (nSPS) is 17.8. The Morgan fingerprint density at radius 2 is 2.00 bits per heavy atom. The predicted molar refractivity (Wildman–Crippen MR) is 90.2 cm³/mol. The van der Waals surface area contributed by atoms with Crippen molar-refractivity contribution in [2.24, 2.45) is 0 Å². The van der Waals surface area contributed by atoms with Crippen LogP contribution in [0.25, 0.3) is 5.69 Å². The van der Waals surface area contributed by atoms with Crippen LogP contribution in [-0.2, 0) is 11.3 Å². The van der Waals surface area contributed by atoms with Gasteiger partial charge >= 0.3 is 0 Å². The summed E-state index contributed by atoms with van der Waals surface area (Å²) in [6, 6.07) is 16.0. The van der Waals surface area contributed by atoms with Crippen LogP contribution in [0.4, 0.5) is 0 Å². The highest BCUT2D eigenvalue weighted by Gasteiger charge is 2.33. The maximum Gasteiger partial charge on any atom is 0.234 e. The summed E-state index contributed by atoms with van der Waals surface area (Å²) in [6.45, 7) is 0.514. The first-order chi connectivity index (χ1) is 11.3. The molecule has 1 aliphatic rings. The first-order valence-corrected chi connectivity index (χ1v) is 8.53. The number of carbonyl (C=O) groups excluding carboxylic acids is 1. The van der Waals surface area contributed by atoms with Gasteiger partial charge in [-0.1, -0.05) is 18.2 Å². The van der Waals surface area contributed by atoms with E-state index in [0.29, 0.717) is 12.3 Å². The molecule has 4 nitrogen and oxygen atoms in total. The minimum Gasteiger partial charge on any atom is -0.467 e. The largest absolute Gasteiger partial charge is 0.467 e. The standard InChI is InChI=1S/C18H16N2O2S/c21-17-13-23-18(20(17)12-16-7-4-10-22-16)14-8-9-19(11-14)15-5-2-1-3-6-15/h1-11,18H,12-13H2/t18-/m1/s1. The maximum absolute atomic E-state index is 12.2. The molecule has 116 valence electrons. The molecule has 0 bridgehead atoms. The monoisotopic (exact) mass is 324 g/mol. The average Bonchev–Trinajstić information content (AvgIpc) is 3.31. The Hall–Kier alpha value is -2.40. The minimum absolute atomic E-state index is 0.0394. The van der Waals surface area contributed by atoms with E-state index in [9.17, 15) is 4.79 Å². The molecule has 1 aliphatic heterocycles. The van der Waals surface area contributed by atoms with Gasteiger partial charge in [0.25, 0.3) is 0 Å². The number of amides is 1. The second kappa shape index (κ2) is 6.01. The number of rotatable bonds is 4. The summed E-state index contributed by atoms with van der Waals surface area (Å²) in [5, 5.41) is 0.0394. The lowest BCUT2D eigenvalue weighted by atomic mass is 10.3. The number of para-hydroxylation sites is 1. The summed E-state index contributed by atoms with van der Waals surface area (Å²) in [6.07, 6.45) is 5.78. The van der Waals surface area contributed by atoms with E-state index in [1.54, 1.807) is 18.0 Å². The van der Waals surface area contributed by atoms with E-state index in [-0.39, 0.29) is 11.3 Å². The van der Waals surface area contributed by atoms with Crippen LogP contribution >= 0.6 is 11.8 Å². The second-order valence-electron chi connectivity index (χ2n) is 5.45. The van der Waals surface area contributed by atoms with Crippen molar-refractivity contribution < 1.29 is 9.21 Å². The van der Waals surface area contributed by atoms with Crippen molar-refractivity contribution in [3.05, 3.63) is 78.5 Å². The number of benzene rings is 1. The van der Waals surface area contributed by atoms with Gasteiger partial charge in [0.05, 0.1) is 18.6 Å². The van der Waals surface area contributed by atoms with Crippen molar-refractivity contribution in [1.29, 1.82) is 0 Å². The van der Waals surface area contributed by atoms with Gasteiger partial charge in [-0.25, -0.2) is 0 Å². The van der Waals surface area contributed by atoms with Gasteiger partial charge in [0.2, 0.25) is 5.91 Å². The molecular formula is C18H16N2O2S. The summed E-state index contributed by atoms with van der Waals surface area (Å²) in [5.74, 6) is 1.49. The third-order valence-corrected chi connectivity index (χ3v) is 5.19. The van der Waals surface area contributed by atoms with E-state index in [2.05, 4.69) is 29.0 Å². The summed E-state index contributed by atoms with van der Waals surface area (Å²) >= 11 is 1.66. The Morgan fingerprint density at radius 3 is 2.78 bits per heavy atom. The molecule has 0 N–H and O–H groups in total. The van der Waals surface area contributed by atoms with Crippen LogP contribution in [0.3, 0.4) is 0 Å². The third kappa shape index (κ3) is 2.80. The van der Waals surface area contributed by atoms with Crippen molar-refractivity contribution >= 4 is 17.7 Å². The van der Waals surface area contributed by atoms with Crippen molar-refractivity contribution in [2.45, 2.75) is 11.9 Å². The van der Waals surface area contributed by atoms with Gasteiger partial charge in [0, 0.05) is 23.6 Å². The van der Waals surface area contributed by atoms with Gasteiger partial charge in [-0.2, -0.15) is 0 Å². The molecule has 5 heteroatoms. The summed E-state index contributed by atoms with van der Waals surface area (Å²) in [7, 11) is 0. The highest BCUT2D eigenvalue weighted by Crippen LogP contribution is 2.39. The van der Waals surface area contributed by atoms with Crippen molar-refractivity contribution in [3.8, 4) is 5.69 Å². The first-order valence-electron chi connectivity index (χ1n) is 7.48. The second-order valence-corrected chi connectivity index (χ2v) is 6.52. The van der Waals surface area contributed by atoms with Crippen LogP contribution < -0.4 is 0 Å². The molecule has 0 unspecified atom stereocenters. The topological polar surface area (TPSA) is 38.4 Å². The van der Waals surface area contributed by atoms with Crippen molar-refractivity contribution in [2.75, 3.05) is 5.75 Å². The zero-order chi connectivity index (χ0) is 15.6. The molecule has 1 atom stereocenters. The van der Waals surface area contributed by atoms with Crippen LogP contribution in [0.1, 0.15) is 16.7 Å². The Labute approximate surface area is 138 Å². The van der Waals surface area contributed by atoms with E-state index in [1.807, 2.05) is 41.4 Å². The molecule has 4 rings (SSSR count). The first kappa shape index (κ1) is 14.2. The Kier molecular flexibility index (Phi) is 3.71. The number of hydrogen-bond donors (Lipinski definition) is 0. The highest BCUT2D eigenvalue weighted by molar-refractivity contribution is 8.00. The van der Waals surface area contributed by atoms with Gasteiger partial charge in [-0.3, -0.25) is 4.79 Å². The number of thioether (sulfide) groups is 1. The average molecular weight is 324 g/mol. The Bertz CT molecular complexity index is 796. The molecule has 1 amide bonds. The van der Waals surface area contributed by atoms with E-state index in [0.717, 1.165) is 17.0 Å². The number of furan rings is 1. The van der Waals surface area contributed by atoms with E-state index < -0.39 is 0 Å². The molecule has 0 saturated carbocycles. The SMILES string of the molecule is O=C1CS[C@H](c2ccn(-c3ccccc3)c2)N1Cc1ccco1. The lowest BCUT2D eigenvalue weighted by Gasteiger charge is -2.22. The smallest absolute Gasteiger partial charge is 0.234 e. The molecule has 1 saturated heterocycles. The zero-order valence-electron chi connectivity index (χ0n) is 12.5. The van der Waals surface area contributed by atoms with Crippen LogP contribution in [0.5, 0.6) is 0 Å². The van der Waals surface area contributed by atoms with Gasteiger partial charge in [-0.05, 0) is 30.3 Å². The van der Waals surface area contributed by atoms with E-state index >= 15 is 0 Å². The Balaban J connectivity index is 1.59. The highest BCUT2D eigenvalue weighted by atomic mass is 32.2. The fourth-order valence-electron chi connectivity index (χ4n) is 2.79. The van der Waals surface area contributed by atoms with Crippen molar-refractivity contribution in [3.63, 3.8) is 0 Å². The van der Waals surface area contributed by atoms with Crippen LogP contribution in [-0.4, -0.2) is 21.1 Å². The number of aromatic nitrogens is 1. The lowest BCUT2D eigenvalue weighted by molar-refractivity contribution is -0.128. The zero-order valence-corrected chi connectivity index (χ0v) is 13.3.